The van der Waals surface area contributed by atoms with Gasteiger partial charge in [0.2, 0.25) is 5.91 Å². The average molecular weight is 262 g/mol. The van der Waals surface area contributed by atoms with Crippen molar-refractivity contribution in [1.82, 2.24) is 9.80 Å². The summed E-state index contributed by atoms with van der Waals surface area (Å²) in [5, 5.41) is 0. The van der Waals surface area contributed by atoms with E-state index in [1.807, 2.05) is 30.0 Å². The van der Waals surface area contributed by atoms with E-state index in [-0.39, 0.29) is 5.91 Å². The Morgan fingerprint density at radius 1 is 1.26 bits per heavy atom. The average Bonchev–Trinajstić information content (AvgIpc) is 2.47. The Balaban J connectivity index is 1.87. The third kappa shape index (κ3) is 4.33. The van der Waals surface area contributed by atoms with Gasteiger partial charge in [0.1, 0.15) is 0 Å². The maximum atomic E-state index is 12.3. The number of rotatable bonds is 5. The van der Waals surface area contributed by atoms with E-state index in [4.69, 9.17) is 4.74 Å². The van der Waals surface area contributed by atoms with Crippen molar-refractivity contribution in [2.24, 2.45) is 0 Å². The molecule has 0 radical (unpaired) electrons. The lowest BCUT2D eigenvalue weighted by atomic mass is 10.2. The van der Waals surface area contributed by atoms with Crippen molar-refractivity contribution in [3.8, 4) is 0 Å². The Kier molecular flexibility index (Phi) is 5.36. The molecule has 1 aromatic carbocycles. The van der Waals surface area contributed by atoms with Gasteiger partial charge in [0.05, 0.1) is 19.8 Å². The lowest BCUT2D eigenvalue weighted by molar-refractivity contribution is -0.133. The third-order valence-corrected chi connectivity index (χ3v) is 3.41. The molecule has 1 amide bonds. The highest BCUT2D eigenvalue weighted by Gasteiger charge is 2.18. The molecular weight excluding hydrogens is 240 g/mol. The van der Waals surface area contributed by atoms with Gasteiger partial charge in [0.15, 0.2) is 0 Å². The summed E-state index contributed by atoms with van der Waals surface area (Å²) in [7, 11) is 0. The van der Waals surface area contributed by atoms with Crippen molar-refractivity contribution in [3.05, 3.63) is 35.9 Å². The van der Waals surface area contributed by atoms with Crippen molar-refractivity contribution in [2.75, 3.05) is 39.4 Å². The molecule has 1 fully saturated rings. The minimum atomic E-state index is 0.202. The Labute approximate surface area is 115 Å². The van der Waals surface area contributed by atoms with Gasteiger partial charge in [-0.15, -0.1) is 0 Å². The minimum absolute atomic E-state index is 0.202. The summed E-state index contributed by atoms with van der Waals surface area (Å²) in [4.78, 5) is 16.4. The zero-order valence-corrected chi connectivity index (χ0v) is 11.5. The van der Waals surface area contributed by atoms with E-state index in [0.717, 1.165) is 32.8 Å². The highest BCUT2D eigenvalue weighted by Crippen LogP contribution is 2.06. The molecule has 0 saturated carbocycles. The number of carbonyl (C=O) groups is 1. The third-order valence-electron chi connectivity index (χ3n) is 3.41. The molecule has 0 N–H and O–H groups in total. The van der Waals surface area contributed by atoms with Crippen LogP contribution in [0.15, 0.2) is 30.3 Å². The van der Waals surface area contributed by atoms with Crippen LogP contribution in [-0.4, -0.2) is 55.1 Å². The largest absolute Gasteiger partial charge is 0.379 e. The van der Waals surface area contributed by atoms with Crippen molar-refractivity contribution >= 4 is 5.91 Å². The second kappa shape index (κ2) is 7.26. The number of ether oxygens (including phenoxy) is 1. The first-order valence-corrected chi connectivity index (χ1v) is 6.91. The Hall–Kier alpha value is -1.39. The Morgan fingerprint density at radius 3 is 2.58 bits per heavy atom. The highest BCUT2D eigenvalue weighted by atomic mass is 16.5. The molecule has 1 aliphatic rings. The molecule has 1 aromatic rings. The summed E-state index contributed by atoms with van der Waals surface area (Å²) in [5.41, 5.74) is 1.18. The summed E-state index contributed by atoms with van der Waals surface area (Å²) in [5.74, 6) is 0.202. The number of nitrogens with zero attached hydrogens (tertiary/aromatic N) is 2. The van der Waals surface area contributed by atoms with E-state index in [2.05, 4.69) is 17.0 Å². The molecule has 0 unspecified atom stereocenters. The van der Waals surface area contributed by atoms with Gasteiger partial charge in [-0.2, -0.15) is 0 Å². The molecule has 0 bridgehead atoms. The van der Waals surface area contributed by atoms with E-state index >= 15 is 0 Å². The predicted octanol–water partition coefficient (Wildman–Crippen LogP) is 1.37. The second-order valence-corrected chi connectivity index (χ2v) is 4.78. The topological polar surface area (TPSA) is 32.8 Å². The van der Waals surface area contributed by atoms with Crippen LogP contribution in [0.25, 0.3) is 0 Å². The van der Waals surface area contributed by atoms with Gasteiger partial charge in [-0.05, 0) is 12.5 Å². The lowest BCUT2D eigenvalue weighted by Gasteiger charge is -2.29. The van der Waals surface area contributed by atoms with Crippen molar-refractivity contribution < 1.29 is 9.53 Å². The zero-order chi connectivity index (χ0) is 13.5. The standard InChI is InChI=1S/C15H22N2O2/c1-2-17(12-14-6-4-3-5-7-14)15(18)13-16-8-10-19-11-9-16/h3-7H,2,8-13H2,1H3. The van der Waals surface area contributed by atoms with Crippen LogP contribution < -0.4 is 0 Å². The van der Waals surface area contributed by atoms with Crippen molar-refractivity contribution in [3.63, 3.8) is 0 Å². The van der Waals surface area contributed by atoms with Crippen molar-refractivity contribution in [1.29, 1.82) is 0 Å². The van der Waals surface area contributed by atoms with Crippen LogP contribution >= 0.6 is 0 Å². The summed E-state index contributed by atoms with van der Waals surface area (Å²) in [6.07, 6.45) is 0. The van der Waals surface area contributed by atoms with Gasteiger partial charge < -0.3 is 9.64 Å². The molecule has 19 heavy (non-hydrogen) atoms. The molecular formula is C15H22N2O2. The van der Waals surface area contributed by atoms with Crippen molar-refractivity contribution in [2.45, 2.75) is 13.5 Å². The van der Waals surface area contributed by atoms with Crippen LogP contribution in [0.2, 0.25) is 0 Å². The van der Waals surface area contributed by atoms with Crippen LogP contribution in [0, 0.1) is 0 Å². The van der Waals surface area contributed by atoms with Gasteiger partial charge in [-0.3, -0.25) is 9.69 Å². The molecule has 1 saturated heterocycles. The molecule has 1 heterocycles. The van der Waals surface area contributed by atoms with E-state index in [1.165, 1.54) is 5.56 Å². The fraction of sp³-hybridized carbons (Fsp3) is 0.533. The molecule has 4 heteroatoms. The van der Waals surface area contributed by atoms with Crippen LogP contribution in [-0.2, 0) is 16.1 Å². The van der Waals surface area contributed by atoms with E-state index in [9.17, 15) is 4.79 Å². The maximum Gasteiger partial charge on any atom is 0.237 e. The molecule has 4 nitrogen and oxygen atoms in total. The van der Waals surface area contributed by atoms with Gasteiger partial charge >= 0.3 is 0 Å². The fourth-order valence-corrected chi connectivity index (χ4v) is 2.23. The van der Waals surface area contributed by atoms with Crippen LogP contribution in [0.5, 0.6) is 0 Å². The summed E-state index contributed by atoms with van der Waals surface area (Å²) < 4.78 is 5.30. The Morgan fingerprint density at radius 2 is 1.95 bits per heavy atom. The number of hydrogen-bond acceptors (Lipinski definition) is 3. The molecule has 2 rings (SSSR count). The smallest absolute Gasteiger partial charge is 0.237 e. The van der Waals surface area contributed by atoms with Crippen LogP contribution in [0.3, 0.4) is 0 Å². The molecule has 0 atom stereocenters. The van der Waals surface area contributed by atoms with Gasteiger partial charge in [0, 0.05) is 26.2 Å². The van der Waals surface area contributed by atoms with Crippen LogP contribution in [0.4, 0.5) is 0 Å². The lowest BCUT2D eigenvalue weighted by Crippen LogP contribution is -2.44. The molecule has 0 aromatic heterocycles. The fourth-order valence-electron chi connectivity index (χ4n) is 2.23. The number of likely N-dealkylation sites (N-methyl/N-ethyl adjacent to an activating group) is 1. The first-order chi connectivity index (χ1) is 9.29. The minimum Gasteiger partial charge on any atom is -0.379 e. The number of hydrogen-bond donors (Lipinski definition) is 0. The predicted molar refractivity (Wildman–Crippen MR) is 74.8 cm³/mol. The SMILES string of the molecule is CCN(Cc1ccccc1)C(=O)CN1CCOCC1. The molecule has 104 valence electrons. The highest BCUT2D eigenvalue weighted by molar-refractivity contribution is 5.78. The normalized spacial score (nSPS) is 16.3. The monoisotopic (exact) mass is 262 g/mol. The van der Waals surface area contributed by atoms with Gasteiger partial charge in [-0.25, -0.2) is 0 Å². The summed E-state index contributed by atoms with van der Waals surface area (Å²) in [6, 6.07) is 10.1. The summed E-state index contributed by atoms with van der Waals surface area (Å²) >= 11 is 0. The van der Waals surface area contributed by atoms with Gasteiger partial charge in [0.25, 0.3) is 0 Å². The summed E-state index contributed by atoms with van der Waals surface area (Å²) in [6.45, 7) is 7.15. The molecule has 1 aliphatic heterocycles. The molecule has 0 aliphatic carbocycles. The van der Waals surface area contributed by atoms with E-state index in [0.29, 0.717) is 13.1 Å². The van der Waals surface area contributed by atoms with E-state index < -0.39 is 0 Å². The number of amides is 1. The van der Waals surface area contributed by atoms with E-state index in [1.54, 1.807) is 0 Å². The Bertz CT molecular complexity index is 388. The second-order valence-electron chi connectivity index (χ2n) is 4.78. The van der Waals surface area contributed by atoms with Gasteiger partial charge in [-0.1, -0.05) is 30.3 Å². The zero-order valence-electron chi connectivity index (χ0n) is 11.5. The maximum absolute atomic E-state index is 12.3. The first kappa shape index (κ1) is 14.0. The van der Waals surface area contributed by atoms with Crippen LogP contribution in [0.1, 0.15) is 12.5 Å². The molecule has 0 spiro atoms. The number of carbonyl (C=O) groups excluding carboxylic acids is 1. The number of benzene rings is 1. The number of morpholine rings is 1. The quantitative estimate of drug-likeness (QED) is 0.803. The first-order valence-electron chi connectivity index (χ1n) is 6.91.